The van der Waals surface area contributed by atoms with E-state index in [4.69, 9.17) is 20.9 Å². The topological polar surface area (TPSA) is 75.8 Å². The Morgan fingerprint density at radius 2 is 2.23 bits per heavy atom. The zero-order valence-corrected chi connectivity index (χ0v) is 15.9. The van der Waals surface area contributed by atoms with Crippen LogP contribution in [0.4, 0.5) is 0 Å². The van der Waals surface area contributed by atoms with Crippen LogP contribution in [-0.2, 0) is 0 Å². The maximum Gasteiger partial charge on any atom is 0.259 e. The molecule has 0 saturated carbocycles. The summed E-state index contributed by atoms with van der Waals surface area (Å²) in [5.74, 6) is 0.442. The second-order valence-corrected chi connectivity index (χ2v) is 7.58. The van der Waals surface area contributed by atoms with Crippen LogP contribution in [0.3, 0.4) is 0 Å². The highest BCUT2D eigenvalue weighted by Gasteiger charge is 2.34. The summed E-state index contributed by atoms with van der Waals surface area (Å²) in [6.07, 6.45) is 3.12. The first-order valence-corrected chi connectivity index (χ1v) is 8.99. The number of methoxy groups -OCH3 is 1. The number of aliphatic hydroxyl groups is 1. The molecule has 1 fully saturated rings. The molecule has 1 amide bonds. The first kappa shape index (κ1) is 18.7. The summed E-state index contributed by atoms with van der Waals surface area (Å²) in [4.78, 5) is 14.8. The standard InChI is InChI=1S/C19H23ClN2O4/c1-19(2,24)13-5-4-8-22(10-13)18(23)14-11-26-21-17(14)12-6-7-16(25-3)15(20)9-12/h6-7,9,11,13,24H,4-5,8,10H2,1-3H3/t13-/m1/s1. The Morgan fingerprint density at radius 3 is 2.88 bits per heavy atom. The number of aromatic nitrogens is 1. The molecule has 1 aliphatic rings. The van der Waals surface area contributed by atoms with E-state index in [1.807, 2.05) is 0 Å². The van der Waals surface area contributed by atoms with E-state index >= 15 is 0 Å². The van der Waals surface area contributed by atoms with Crippen LogP contribution < -0.4 is 4.74 Å². The molecule has 1 saturated heterocycles. The first-order valence-electron chi connectivity index (χ1n) is 8.61. The van der Waals surface area contributed by atoms with Gasteiger partial charge in [0.2, 0.25) is 0 Å². The fourth-order valence-electron chi connectivity index (χ4n) is 3.32. The van der Waals surface area contributed by atoms with Crippen LogP contribution in [0, 0.1) is 5.92 Å². The molecular formula is C19H23ClN2O4. The molecule has 26 heavy (non-hydrogen) atoms. The Labute approximate surface area is 157 Å². The van der Waals surface area contributed by atoms with Crippen molar-refractivity contribution in [3.05, 3.63) is 35.0 Å². The molecule has 1 N–H and O–H groups in total. The lowest BCUT2D eigenvalue weighted by molar-refractivity contribution is -0.0146. The first-order chi connectivity index (χ1) is 12.3. The predicted octanol–water partition coefficient (Wildman–Crippen LogP) is 3.63. The number of ether oxygens (including phenoxy) is 1. The molecule has 6 nitrogen and oxygen atoms in total. The van der Waals surface area contributed by atoms with Crippen molar-refractivity contribution in [2.24, 2.45) is 5.92 Å². The van der Waals surface area contributed by atoms with Crippen LogP contribution in [0.2, 0.25) is 5.02 Å². The van der Waals surface area contributed by atoms with E-state index in [2.05, 4.69) is 5.16 Å². The fraction of sp³-hybridized carbons (Fsp3) is 0.474. The molecule has 2 heterocycles. The van der Waals surface area contributed by atoms with Crippen LogP contribution in [0.1, 0.15) is 37.0 Å². The lowest BCUT2D eigenvalue weighted by atomic mass is 9.84. The van der Waals surface area contributed by atoms with Crippen molar-refractivity contribution in [1.82, 2.24) is 10.1 Å². The minimum Gasteiger partial charge on any atom is -0.495 e. The highest BCUT2D eigenvalue weighted by Crippen LogP contribution is 2.33. The maximum atomic E-state index is 13.0. The number of rotatable bonds is 4. The average Bonchev–Trinajstić information content (AvgIpc) is 3.10. The van der Waals surface area contributed by atoms with E-state index < -0.39 is 5.60 Å². The lowest BCUT2D eigenvalue weighted by Crippen LogP contribution is -2.46. The van der Waals surface area contributed by atoms with Gasteiger partial charge in [-0.25, -0.2) is 0 Å². The van der Waals surface area contributed by atoms with E-state index in [1.54, 1.807) is 44.1 Å². The zero-order chi connectivity index (χ0) is 18.9. The van der Waals surface area contributed by atoms with Gasteiger partial charge < -0.3 is 19.3 Å². The third-order valence-electron chi connectivity index (χ3n) is 4.93. The maximum absolute atomic E-state index is 13.0. The minimum absolute atomic E-state index is 0.0407. The van der Waals surface area contributed by atoms with Gasteiger partial charge in [-0.3, -0.25) is 4.79 Å². The number of amides is 1. The average molecular weight is 379 g/mol. The van der Waals surface area contributed by atoms with E-state index in [9.17, 15) is 9.90 Å². The molecule has 1 atom stereocenters. The van der Waals surface area contributed by atoms with Gasteiger partial charge in [0, 0.05) is 24.6 Å². The number of nitrogens with zero attached hydrogens (tertiary/aromatic N) is 2. The summed E-state index contributed by atoms with van der Waals surface area (Å²) < 4.78 is 10.2. The highest BCUT2D eigenvalue weighted by molar-refractivity contribution is 6.32. The number of benzene rings is 1. The smallest absolute Gasteiger partial charge is 0.259 e. The van der Waals surface area contributed by atoms with Crippen molar-refractivity contribution in [2.45, 2.75) is 32.3 Å². The molecule has 0 spiro atoms. The Hall–Kier alpha value is -2.05. The molecule has 0 radical (unpaired) electrons. The number of carbonyl (C=O) groups excluding carboxylic acids is 1. The van der Waals surface area contributed by atoms with Gasteiger partial charge in [-0.05, 0) is 44.9 Å². The van der Waals surface area contributed by atoms with Crippen molar-refractivity contribution in [3.63, 3.8) is 0 Å². The Bertz CT molecular complexity index is 797. The molecule has 7 heteroatoms. The number of hydrogen-bond donors (Lipinski definition) is 1. The summed E-state index contributed by atoms with van der Waals surface area (Å²) in [7, 11) is 1.54. The molecule has 1 aromatic carbocycles. The predicted molar refractivity (Wildman–Crippen MR) is 98.4 cm³/mol. The quantitative estimate of drug-likeness (QED) is 0.879. The number of halogens is 1. The van der Waals surface area contributed by atoms with Crippen molar-refractivity contribution >= 4 is 17.5 Å². The number of likely N-dealkylation sites (tertiary alicyclic amines) is 1. The fourth-order valence-corrected chi connectivity index (χ4v) is 3.58. The van der Waals surface area contributed by atoms with Gasteiger partial charge >= 0.3 is 0 Å². The number of piperidine rings is 1. The summed E-state index contributed by atoms with van der Waals surface area (Å²) >= 11 is 6.19. The second-order valence-electron chi connectivity index (χ2n) is 7.17. The van der Waals surface area contributed by atoms with Gasteiger partial charge in [0.25, 0.3) is 5.91 Å². The highest BCUT2D eigenvalue weighted by atomic mass is 35.5. The van der Waals surface area contributed by atoms with Crippen LogP contribution in [0.5, 0.6) is 5.75 Å². The van der Waals surface area contributed by atoms with Crippen LogP contribution in [0.25, 0.3) is 11.3 Å². The largest absolute Gasteiger partial charge is 0.495 e. The normalized spacial score (nSPS) is 18.0. The molecule has 0 bridgehead atoms. The van der Waals surface area contributed by atoms with Crippen molar-refractivity contribution < 1.29 is 19.2 Å². The van der Waals surface area contributed by atoms with Crippen molar-refractivity contribution in [2.75, 3.05) is 20.2 Å². The van der Waals surface area contributed by atoms with Crippen molar-refractivity contribution in [1.29, 1.82) is 0 Å². The SMILES string of the molecule is COc1ccc(-c2nocc2C(=O)N2CCC[C@@H](C(C)(C)O)C2)cc1Cl. The van der Waals surface area contributed by atoms with Gasteiger partial charge in [-0.2, -0.15) is 0 Å². The van der Waals surface area contributed by atoms with E-state index in [1.165, 1.54) is 6.26 Å². The molecule has 140 valence electrons. The number of hydrogen-bond acceptors (Lipinski definition) is 5. The number of carbonyl (C=O) groups is 1. The molecule has 3 rings (SSSR count). The van der Waals surface area contributed by atoms with Gasteiger partial charge in [-0.1, -0.05) is 16.8 Å². The molecule has 1 aliphatic heterocycles. The summed E-state index contributed by atoms with van der Waals surface area (Å²) in [5, 5.41) is 14.7. The molecule has 0 aliphatic carbocycles. The molecular weight excluding hydrogens is 356 g/mol. The van der Waals surface area contributed by atoms with Crippen LogP contribution in [-0.4, -0.2) is 46.9 Å². The van der Waals surface area contributed by atoms with Crippen LogP contribution >= 0.6 is 11.6 Å². The van der Waals surface area contributed by atoms with Gasteiger partial charge in [0.1, 0.15) is 23.3 Å². The minimum atomic E-state index is -0.820. The second kappa shape index (κ2) is 7.29. The Morgan fingerprint density at radius 1 is 1.46 bits per heavy atom. The summed E-state index contributed by atoms with van der Waals surface area (Å²) in [5.41, 5.74) is 0.705. The van der Waals surface area contributed by atoms with Crippen LogP contribution in [0.15, 0.2) is 29.0 Å². The van der Waals surface area contributed by atoms with E-state index in [-0.39, 0.29) is 11.8 Å². The Kier molecular flexibility index (Phi) is 5.25. The van der Waals surface area contributed by atoms with Gasteiger partial charge in [-0.15, -0.1) is 0 Å². The third-order valence-corrected chi connectivity index (χ3v) is 5.23. The summed E-state index contributed by atoms with van der Waals surface area (Å²) in [6.45, 7) is 4.74. The van der Waals surface area contributed by atoms with Crippen molar-refractivity contribution in [3.8, 4) is 17.0 Å². The molecule has 0 unspecified atom stereocenters. The van der Waals surface area contributed by atoms with Gasteiger partial charge in [0.15, 0.2) is 0 Å². The molecule has 2 aromatic rings. The summed E-state index contributed by atoms with van der Waals surface area (Å²) in [6, 6.07) is 5.21. The molecule has 1 aromatic heterocycles. The van der Waals surface area contributed by atoms with E-state index in [0.717, 1.165) is 12.8 Å². The monoisotopic (exact) mass is 378 g/mol. The zero-order valence-electron chi connectivity index (χ0n) is 15.2. The van der Waals surface area contributed by atoms with E-state index in [0.29, 0.717) is 40.7 Å². The lowest BCUT2D eigenvalue weighted by Gasteiger charge is -2.38. The third kappa shape index (κ3) is 3.71. The Balaban J connectivity index is 1.86. The van der Waals surface area contributed by atoms with Gasteiger partial charge in [0.05, 0.1) is 17.7 Å².